The zero-order valence-corrected chi connectivity index (χ0v) is 11.7. The summed E-state index contributed by atoms with van der Waals surface area (Å²) in [5.41, 5.74) is 0.906. The lowest BCUT2D eigenvalue weighted by Crippen LogP contribution is -2.21. The molecule has 106 valence electrons. The van der Waals surface area contributed by atoms with Crippen molar-refractivity contribution in [2.75, 3.05) is 6.54 Å². The second-order valence-corrected chi connectivity index (χ2v) is 5.72. The summed E-state index contributed by atoms with van der Waals surface area (Å²) in [6.07, 6.45) is 2.77. The van der Waals surface area contributed by atoms with Gasteiger partial charge in [-0.3, -0.25) is 0 Å². The van der Waals surface area contributed by atoms with Crippen LogP contribution in [0.1, 0.15) is 25.5 Å². The molecule has 2 nitrogen and oxygen atoms in total. The summed E-state index contributed by atoms with van der Waals surface area (Å²) in [7, 11) is 0. The Morgan fingerprint density at radius 3 is 2.65 bits per heavy atom. The summed E-state index contributed by atoms with van der Waals surface area (Å²) in [6.45, 7) is 4.09. The Morgan fingerprint density at radius 1 is 1.20 bits per heavy atom. The average molecular weight is 273 g/mol. The van der Waals surface area contributed by atoms with E-state index >= 15 is 0 Å². The van der Waals surface area contributed by atoms with Gasteiger partial charge in [0.2, 0.25) is 0 Å². The Morgan fingerprint density at radius 2 is 1.95 bits per heavy atom. The molecule has 0 saturated heterocycles. The van der Waals surface area contributed by atoms with Crippen molar-refractivity contribution in [3.63, 3.8) is 0 Å². The number of hydrogen-bond acceptors (Lipinski definition) is 2. The molecule has 1 aromatic heterocycles. The van der Waals surface area contributed by atoms with Crippen LogP contribution in [0, 0.1) is 17.7 Å². The second-order valence-electron chi connectivity index (χ2n) is 5.72. The van der Waals surface area contributed by atoms with Gasteiger partial charge < -0.3 is 9.73 Å². The molecule has 0 spiro atoms. The summed E-state index contributed by atoms with van der Waals surface area (Å²) in [6, 6.07) is 10.3. The molecule has 0 bridgehead atoms. The van der Waals surface area contributed by atoms with Crippen LogP contribution >= 0.6 is 0 Å². The van der Waals surface area contributed by atoms with Gasteiger partial charge in [-0.2, -0.15) is 0 Å². The first-order chi connectivity index (χ1) is 9.72. The number of nitrogens with one attached hydrogen (secondary N) is 1. The van der Waals surface area contributed by atoms with E-state index in [9.17, 15) is 4.39 Å². The van der Waals surface area contributed by atoms with Crippen LogP contribution in [-0.2, 0) is 6.54 Å². The molecule has 0 radical (unpaired) electrons. The molecule has 3 rings (SSSR count). The molecule has 1 N–H and O–H groups in total. The zero-order valence-electron chi connectivity index (χ0n) is 11.7. The van der Waals surface area contributed by atoms with Crippen molar-refractivity contribution < 1.29 is 8.81 Å². The highest BCUT2D eigenvalue weighted by Gasteiger charge is 2.27. The van der Waals surface area contributed by atoms with E-state index in [1.54, 1.807) is 12.1 Å². The molecule has 1 heterocycles. The summed E-state index contributed by atoms with van der Waals surface area (Å²) in [5, 5.41) is 3.44. The highest BCUT2D eigenvalue weighted by atomic mass is 19.1. The number of furan rings is 1. The van der Waals surface area contributed by atoms with Gasteiger partial charge in [-0.15, -0.1) is 0 Å². The lowest BCUT2D eigenvalue weighted by atomic mass is 10.1. The predicted octanol–water partition coefficient (Wildman–Crippen LogP) is 4.22. The lowest BCUT2D eigenvalue weighted by Gasteiger charge is -2.10. The summed E-state index contributed by atoms with van der Waals surface area (Å²) in [4.78, 5) is 0. The molecule has 1 saturated carbocycles. The number of rotatable bonds is 6. The molecule has 1 unspecified atom stereocenters. The van der Waals surface area contributed by atoms with Gasteiger partial charge in [0.1, 0.15) is 17.3 Å². The van der Waals surface area contributed by atoms with Crippen LogP contribution < -0.4 is 5.32 Å². The topological polar surface area (TPSA) is 25.2 Å². The number of benzene rings is 1. The van der Waals surface area contributed by atoms with E-state index < -0.39 is 0 Å². The lowest BCUT2D eigenvalue weighted by molar-refractivity contribution is 0.433. The molecule has 1 aliphatic carbocycles. The highest BCUT2D eigenvalue weighted by molar-refractivity contribution is 5.57. The molecular formula is C17H20FNO. The molecule has 0 amide bonds. The van der Waals surface area contributed by atoms with Gasteiger partial charge in [0.05, 0.1) is 6.54 Å². The van der Waals surface area contributed by atoms with E-state index in [2.05, 4.69) is 12.2 Å². The van der Waals surface area contributed by atoms with E-state index in [-0.39, 0.29) is 5.82 Å². The Bertz CT molecular complexity index is 557. The quantitative estimate of drug-likeness (QED) is 0.852. The minimum atomic E-state index is -0.226. The fourth-order valence-corrected chi connectivity index (χ4v) is 2.50. The van der Waals surface area contributed by atoms with Crippen LogP contribution in [0.3, 0.4) is 0 Å². The Labute approximate surface area is 119 Å². The standard InChI is InChI=1S/C17H20FNO/c1-12(13-2-3-13)10-19-11-16-8-9-17(20-16)14-4-6-15(18)7-5-14/h4-9,12-13,19H,2-3,10-11H2,1H3. The van der Waals surface area contributed by atoms with Crippen molar-refractivity contribution in [2.45, 2.75) is 26.3 Å². The maximum Gasteiger partial charge on any atom is 0.134 e. The summed E-state index contributed by atoms with van der Waals surface area (Å²) >= 11 is 0. The molecule has 2 aromatic rings. The monoisotopic (exact) mass is 273 g/mol. The SMILES string of the molecule is CC(CNCc1ccc(-c2ccc(F)cc2)o1)C1CC1. The molecule has 20 heavy (non-hydrogen) atoms. The van der Waals surface area contributed by atoms with Gasteiger partial charge in [0.15, 0.2) is 0 Å². The van der Waals surface area contributed by atoms with E-state index in [1.807, 2.05) is 12.1 Å². The van der Waals surface area contributed by atoms with Gasteiger partial charge in [0.25, 0.3) is 0 Å². The third kappa shape index (κ3) is 3.28. The smallest absolute Gasteiger partial charge is 0.134 e. The fraction of sp³-hybridized carbons (Fsp3) is 0.412. The summed E-state index contributed by atoms with van der Waals surface area (Å²) < 4.78 is 18.7. The number of halogens is 1. The maximum atomic E-state index is 12.9. The van der Waals surface area contributed by atoms with Crippen molar-refractivity contribution in [1.29, 1.82) is 0 Å². The third-order valence-electron chi connectivity index (χ3n) is 3.98. The van der Waals surface area contributed by atoms with Gasteiger partial charge >= 0.3 is 0 Å². The Hall–Kier alpha value is -1.61. The Balaban J connectivity index is 1.54. The molecule has 1 fully saturated rings. The fourth-order valence-electron chi connectivity index (χ4n) is 2.50. The van der Waals surface area contributed by atoms with Crippen LogP contribution in [-0.4, -0.2) is 6.54 Å². The van der Waals surface area contributed by atoms with Crippen molar-refractivity contribution in [3.05, 3.63) is 48.0 Å². The van der Waals surface area contributed by atoms with Crippen LogP contribution in [0.4, 0.5) is 4.39 Å². The first-order valence-corrected chi connectivity index (χ1v) is 7.28. The van der Waals surface area contributed by atoms with Gasteiger partial charge in [-0.25, -0.2) is 4.39 Å². The van der Waals surface area contributed by atoms with E-state index in [1.165, 1.54) is 25.0 Å². The van der Waals surface area contributed by atoms with Crippen LogP contribution in [0.15, 0.2) is 40.8 Å². The molecular weight excluding hydrogens is 253 g/mol. The van der Waals surface area contributed by atoms with E-state index in [0.717, 1.165) is 42.0 Å². The van der Waals surface area contributed by atoms with Crippen LogP contribution in [0.2, 0.25) is 0 Å². The predicted molar refractivity (Wildman–Crippen MR) is 77.7 cm³/mol. The van der Waals surface area contributed by atoms with Gasteiger partial charge in [0, 0.05) is 5.56 Å². The minimum Gasteiger partial charge on any atom is -0.460 e. The molecule has 1 atom stereocenters. The van der Waals surface area contributed by atoms with Crippen molar-refractivity contribution in [3.8, 4) is 11.3 Å². The van der Waals surface area contributed by atoms with Gasteiger partial charge in [-0.1, -0.05) is 6.92 Å². The first kappa shape index (κ1) is 13.4. The van der Waals surface area contributed by atoms with Crippen LogP contribution in [0.5, 0.6) is 0 Å². The third-order valence-corrected chi connectivity index (χ3v) is 3.98. The second kappa shape index (κ2) is 5.80. The van der Waals surface area contributed by atoms with Gasteiger partial charge in [-0.05, 0) is 67.6 Å². The largest absolute Gasteiger partial charge is 0.460 e. The number of hydrogen-bond donors (Lipinski definition) is 1. The highest BCUT2D eigenvalue weighted by Crippen LogP contribution is 2.36. The average Bonchev–Trinajstić information content (AvgIpc) is 3.20. The van der Waals surface area contributed by atoms with Crippen molar-refractivity contribution in [2.24, 2.45) is 11.8 Å². The first-order valence-electron chi connectivity index (χ1n) is 7.28. The van der Waals surface area contributed by atoms with Crippen molar-refractivity contribution >= 4 is 0 Å². The summed E-state index contributed by atoms with van der Waals surface area (Å²) in [5.74, 6) is 3.16. The molecule has 0 aliphatic heterocycles. The van der Waals surface area contributed by atoms with Crippen LogP contribution in [0.25, 0.3) is 11.3 Å². The maximum absolute atomic E-state index is 12.9. The minimum absolute atomic E-state index is 0.226. The molecule has 1 aliphatic rings. The van der Waals surface area contributed by atoms with E-state index in [4.69, 9.17) is 4.42 Å². The Kier molecular flexibility index (Phi) is 3.88. The van der Waals surface area contributed by atoms with Crippen molar-refractivity contribution in [1.82, 2.24) is 5.32 Å². The zero-order chi connectivity index (χ0) is 13.9. The normalized spacial score (nSPS) is 16.3. The molecule has 1 aromatic carbocycles. The molecule has 3 heteroatoms. The van der Waals surface area contributed by atoms with E-state index in [0.29, 0.717) is 0 Å².